The van der Waals surface area contributed by atoms with Crippen molar-refractivity contribution in [3.8, 4) is 0 Å². The zero-order valence-electron chi connectivity index (χ0n) is 15.1. The molecule has 0 unspecified atom stereocenters. The monoisotopic (exact) mass is 369 g/mol. The molecule has 140 valence electrons. The van der Waals surface area contributed by atoms with E-state index in [-0.39, 0.29) is 40.1 Å². The van der Waals surface area contributed by atoms with E-state index < -0.39 is 0 Å². The van der Waals surface area contributed by atoms with Gasteiger partial charge in [-0.2, -0.15) is 0 Å². The number of benzene rings is 1. The summed E-state index contributed by atoms with van der Waals surface area (Å²) in [5.74, 6) is -0.849. The van der Waals surface area contributed by atoms with Crippen LogP contribution in [0, 0.1) is 6.92 Å². The molecule has 0 radical (unpaired) electrons. The van der Waals surface area contributed by atoms with Gasteiger partial charge in [-0.3, -0.25) is 14.4 Å². The highest BCUT2D eigenvalue weighted by atomic mass is 16.5. The van der Waals surface area contributed by atoms with Gasteiger partial charge in [-0.1, -0.05) is 24.3 Å². The lowest BCUT2D eigenvalue weighted by Crippen LogP contribution is -3.14. The van der Waals surface area contributed by atoms with Gasteiger partial charge in [-0.15, -0.1) is 0 Å². The summed E-state index contributed by atoms with van der Waals surface area (Å²) in [6.07, 6.45) is 0. The number of furan rings is 1. The number of ether oxygens (including phenoxy) is 1. The molecule has 1 aliphatic carbocycles. The fraction of sp³-hybridized carbons (Fsp3) is 0.350. The summed E-state index contributed by atoms with van der Waals surface area (Å²) in [4.78, 5) is 39.7. The van der Waals surface area contributed by atoms with Gasteiger partial charge in [0.15, 0.2) is 11.5 Å². The number of ketones is 2. The minimum absolute atomic E-state index is 0.0415. The fourth-order valence-corrected chi connectivity index (χ4v) is 3.68. The number of hydrogen-bond acceptors (Lipinski definition) is 5. The largest absolute Gasteiger partial charge is 0.456 e. The second-order valence-electron chi connectivity index (χ2n) is 6.81. The highest BCUT2D eigenvalue weighted by Crippen LogP contribution is 2.32. The normalized spacial score (nSPS) is 16.8. The SMILES string of the molecule is Cc1oc2c(c1C(=O)NCC[NH+]1CCOCC1)C(=O)c1ccccc1C2=O. The Bertz CT molecular complexity index is 924. The molecule has 1 amide bonds. The van der Waals surface area contributed by atoms with E-state index in [1.165, 1.54) is 4.90 Å². The van der Waals surface area contributed by atoms with Crippen LogP contribution in [0.3, 0.4) is 0 Å². The molecule has 0 bridgehead atoms. The van der Waals surface area contributed by atoms with E-state index in [1.54, 1.807) is 31.2 Å². The predicted molar refractivity (Wildman–Crippen MR) is 95.5 cm³/mol. The van der Waals surface area contributed by atoms with Crippen LogP contribution in [0.5, 0.6) is 0 Å². The van der Waals surface area contributed by atoms with Crippen molar-refractivity contribution in [2.24, 2.45) is 0 Å². The van der Waals surface area contributed by atoms with Crippen LogP contribution in [0.25, 0.3) is 0 Å². The van der Waals surface area contributed by atoms with Gasteiger partial charge >= 0.3 is 0 Å². The van der Waals surface area contributed by atoms with Gasteiger partial charge in [0.1, 0.15) is 18.8 Å². The van der Waals surface area contributed by atoms with Crippen LogP contribution in [-0.2, 0) is 4.74 Å². The Labute approximate surface area is 156 Å². The van der Waals surface area contributed by atoms with Gasteiger partial charge < -0.3 is 19.4 Å². The quantitative estimate of drug-likeness (QED) is 0.676. The average Bonchev–Trinajstić information content (AvgIpc) is 3.04. The van der Waals surface area contributed by atoms with Crippen molar-refractivity contribution in [2.45, 2.75) is 6.92 Å². The van der Waals surface area contributed by atoms with E-state index >= 15 is 0 Å². The number of quaternary nitrogens is 1. The number of fused-ring (bicyclic) bond motifs is 2. The van der Waals surface area contributed by atoms with Crippen LogP contribution in [0.4, 0.5) is 0 Å². The Hall–Kier alpha value is -2.77. The predicted octanol–water partition coefficient (Wildman–Crippen LogP) is 0.00832. The number of morpholine rings is 1. The molecule has 4 rings (SSSR count). The molecule has 2 aliphatic rings. The summed E-state index contributed by atoms with van der Waals surface area (Å²) < 4.78 is 10.9. The van der Waals surface area contributed by atoms with E-state index in [1.807, 2.05) is 0 Å². The average molecular weight is 369 g/mol. The maximum Gasteiger partial charge on any atom is 0.255 e. The zero-order chi connectivity index (χ0) is 19.0. The molecule has 2 N–H and O–H groups in total. The second kappa shape index (κ2) is 7.09. The van der Waals surface area contributed by atoms with Gasteiger partial charge in [0.2, 0.25) is 5.78 Å². The lowest BCUT2D eigenvalue weighted by atomic mass is 9.86. The minimum atomic E-state index is -0.384. The Morgan fingerprint density at radius 3 is 2.48 bits per heavy atom. The molecule has 2 aromatic rings. The van der Waals surface area contributed by atoms with Crippen molar-refractivity contribution in [1.29, 1.82) is 0 Å². The molecule has 1 aromatic carbocycles. The zero-order valence-corrected chi connectivity index (χ0v) is 15.1. The van der Waals surface area contributed by atoms with Crippen LogP contribution in [-0.4, -0.2) is 56.9 Å². The molecule has 7 heteroatoms. The lowest BCUT2D eigenvalue weighted by Gasteiger charge is -2.23. The molecular formula is C20H21N2O5+. The smallest absolute Gasteiger partial charge is 0.255 e. The summed E-state index contributed by atoms with van der Waals surface area (Å²) in [7, 11) is 0. The Balaban J connectivity index is 1.56. The molecule has 27 heavy (non-hydrogen) atoms. The summed E-state index contributed by atoms with van der Waals surface area (Å²) in [5.41, 5.74) is 0.858. The van der Waals surface area contributed by atoms with Gasteiger partial charge in [0.25, 0.3) is 5.91 Å². The third kappa shape index (κ3) is 3.09. The van der Waals surface area contributed by atoms with Crippen LogP contribution in [0.15, 0.2) is 28.7 Å². The molecule has 0 saturated carbocycles. The van der Waals surface area contributed by atoms with Crippen molar-refractivity contribution in [2.75, 3.05) is 39.4 Å². The maximum atomic E-state index is 12.9. The summed E-state index contributed by atoms with van der Waals surface area (Å²) in [5, 5.41) is 2.86. The number of carbonyl (C=O) groups is 3. The second-order valence-corrected chi connectivity index (χ2v) is 6.81. The highest BCUT2D eigenvalue weighted by molar-refractivity contribution is 6.30. The van der Waals surface area contributed by atoms with E-state index in [0.29, 0.717) is 17.7 Å². The Morgan fingerprint density at radius 2 is 1.78 bits per heavy atom. The van der Waals surface area contributed by atoms with E-state index in [2.05, 4.69) is 5.32 Å². The lowest BCUT2D eigenvalue weighted by molar-refractivity contribution is -0.906. The van der Waals surface area contributed by atoms with E-state index in [4.69, 9.17) is 9.15 Å². The van der Waals surface area contributed by atoms with E-state index in [9.17, 15) is 14.4 Å². The third-order valence-corrected chi connectivity index (χ3v) is 5.12. The highest BCUT2D eigenvalue weighted by Gasteiger charge is 2.38. The first-order valence-corrected chi connectivity index (χ1v) is 9.09. The minimum Gasteiger partial charge on any atom is -0.456 e. The first kappa shape index (κ1) is 17.6. The van der Waals surface area contributed by atoms with Gasteiger partial charge in [0.05, 0.1) is 37.4 Å². The van der Waals surface area contributed by atoms with Gasteiger partial charge in [-0.05, 0) is 6.92 Å². The van der Waals surface area contributed by atoms with Crippen molar-refractivity contribution in [3.63, 3.8) is 0 Å². The standard InChI is InChI=1S/C20H20N2O5/c1-12-15(20(25)21-6-7-22-8-10-26-11-9-22)16-17(23)13-4-2-3-5-14(13)18(24)19(16)27-12/h2-5H,6-11H2,1H3,(H,21,25)/p+1. The molecule has 1 saturated heterocycles. The number of hydrogen-bond donors (Lipinski definition) is 2. The first-order valence-electron chi connectivity index (χ1n) is 9.09. The Kier molecular flexibility index (Phi) is 4.63. The van der Waals surface area contributed by atoms with Crippen LogP contribution in [0.1, 0.15) is 48.2 Å². The number of amides is 1. The summed E-state index contributed by atoms with van der Waals surface area (Å²) in [6.45, 7) is 6.16. The van der Waals surface area contributed by atoms with Crippen molar-refractivity contribution >= 4 is 17.5 Å². The molecule has 1 aromatic heterocycles. The Morgan fingerprint density at radius 1 is 1.11 bits per heavy atom. The number of carbonyl (C=O) groups excluding carboxylic acids is 3. The molecule has 1 fully saturated rings. The van der Waals surface area contributed by atoms with Crippen molar-refractivity contribution < 1.29 is 28.4 Å². The number of rotatable bonds is 4. The molecule has 7 nitrogen and oxygen atoms in total. The molecule has 0 spiro atoms. The van der Waals surface area contributed by atoms with Crippen molar-refractivity contribution in [3.05, 3.63) is 58.0 Å². The van der Waals surface area contributed by atoms with E-state index in [0.717, 1.165) is 32.8 Å². The number of aryl methyl sites for hydroxylation is 1. The first-order chi connectivity index (χ1) is 13.1. The van der Waals surface area contributed by atoms with Crippen LogP contribution < -0.4 is 10.2 Å². The maximum absolute atomic E-state index is 12.9. The summed E-state index contributed by atoms with van der Waals surface area (Å²) >= 11 is 0. The number of nitrogens with one attached hydrogen (secondary N) is 2. The van der Waals surface area contributed by atoms with Crippen molar-refractivity contribution in [1.82, 2.24) is 5.32 Å². The van der Waals surface area contributed by atoms with Crippen LogP contribution in [0.2, 0.25) is 0 Å². The van der Waals surface area contributed by atoms with Gasteiger partial charge in [-0.25, -0.2) is 0 Å². The summed E-state index contributed by atoms with van der Waals surface area (Å²) in [6, 6.07) is 6.60. The fourth-order valence-electron chi connectivity index (χ4n) is 3.68. The van der Waals surface area contributed by atoms with Crippen LogP contribution >= 0.6 is 0 Å². The molecular weight excluding hydrogens is 348 g/mol. The third-order valence-electron chi connectivity index (χ3n) is 5.12. The molecule has 1 aliphatic heterocycles. The van der Waals surface area contributed by atoms with Gasteiger partial charge in [0, 0.05) is 11.1 Å². The molecule has 2 heterocycles. The topological polar surface area (TPSA) is 90.0 Å². The molecule has 0 atom stereocenters.